The lowest BCUT2D eigenvalue weighted by molar-refractivity contribution is -0.156. The molecule has 0 aromatic heterocycles. The van der Waals surface area contributed by atoms with Gasteiger partial charge in [-0.3, -0.25) is 19.3 Å². The van der Waals surface area contributed by atoms with E-state index in [2.05, 4.69) is 6.92 Å². The number of hydrogen-bond acceptors (Lipinski definition) is 5. The van der Waals surface area contributed by atoms with Gasteiger partial charge in [-0.2, -0.15) is 0 Å². The van der Waals surface area contributed by atoms with Crippen molar-refractivity contribution in [2.75, 3.05) is 19.7 Å². The van der Waals surface area contributed by atoms with Crippen LogP contribution in [0, 0.1) is 11.8 Å². The smallest absolute Gasteiger partial charge is 0.329 e. The molecule has 1 aromatic carbocycles. The summed E-state index contributed by atoms with van der Waals surface area (Å²) in [5.74, 6) is -1.47. The number of rotatable bonds is 6. The molecular formula is C22H28N2O5. The Balaban J connectivity index is 1.70. The van der Waals surface area contributed by atoms with Crippen LogP contribution in [0.25, 0.3) is 0 Å². The minimum absolute atomic E-state index is 0.0514. The van der Waals surface area contributed by atoms with Crippen LogP contribution in [-0.4, -0.2) is 59.2 Å². The highest BCUT2D eigenvalue weighted by atomic mass is 16.5. The molecule has 0 bridgehead atoms. The van der Waals surface area contributed by atoms with Crippen molar-refractivity contribution >= 4 is 23.7 Å². The van der Waals surface area contributed by atoms with Crippen LogP contribution in [0.5, 0.6) is 0 Å². The molecule has 2 atom stereocenters. The van der Waals surface area contributed by atoms with Crippen LogP contribution in [0.2, 0.25) is 0 Å². The molecule has 0 radical (unpaired) electrons. The number of hydrogen-bond donors (Lipinski definition) is 0. The summed E-state index contributed by atoms with van der Waals surface area (Å²) in [5.41, 5.74) is 0.579. The van der Waals surface area contributed by atoms with Crippen LogP contribution in [0.1, 0.15) is 60.7 Å². The van der Waals surface area contributed by atoms with Crippen molar-refractivity contribution in [2.45, 2.75) is 46.1 Å². The molecule has 156 valence electrons. The van der Waals surface area contributed by atoms with Gasteiger partial charge in [-0.15, -0.1) is 0 Å². The van der Waals surface area contributed by atoms with Crippen LogP contribution < -0.4 is 0 Å². The van der Waals surface area contributed by atoms with Gasteiger partial charge in [0.1, 0.15) is 6.04 Å². The number of carbonyl (C=O) groups is 4. The number of benzene rings is 1. The molecule has 7 heteroatoms. The first-order chi connectivity index (χ1) is 13.8. The van der Waals surface area contributed by atoms with E-state index in [4.69, 9.17) is 4.74 Å². The second kappa shape index (κ2) is 8.76. The maximum Gasteiger partial charge on any atom is 0.329 e. The molecule has 29 heavy (non-hydrogen) atoms. The fraction of sp³-hybridized carbons (Fsp3) is 0.545. The summed E-state index contributed by atoms with van der Waals surface area (Å²) in [7, 11) is 0. The van der Waals surface area contributed by atoms with E-state index in [0.29, 0.717) is 19.0 Å². The van der Waals surface area contributed by atoms with E-state index in [1.165, 1.54) is 0 Å². The molecule has 0 N–H and O–H groups in total. The maximum absolute atomic E-state index is 12.8. The van der Waals surface area contributed by atoms with Gasteiger partial charge in [-0.1, -0.05) is 32.9 Å². The van der Waals surface area contributed by atoms with Crippen molar-refractivity contribution in [3.63, 3.8) is 0 Å². The Kier molecular flexibility index (Phi) is 6.35. The highest BCUT2D eigenvalue weighted by Gasteiger charge is 2.43. The van der Waals surface area contributed by atoms with Gasteiger partial charge in [-0.05, 0) is 43.2 Å². The Morgan fingerprint density at radius 2 is 1.76 bits per heavy atom. The SMILES string of the molecule is CC(C)C[C@@H](C(=O)OCC(=O)N1CCC[C@@H](C)C1)N1C(=O)c2ccccc2C1=O. The lowest BCUT2D eigenvalue weighted by Crippen LogP contribution is -2.47. The number of piperidine rings is 1. The molecule has 0 unspecified atom stereocenters. The molecule has 0 spiro atoms. The summed E-state index contributed by atoms with van der Waals surface area (Å²) in [6.07, 6.45) is 2.30. The Hall–Kier alpha value is -2.70. The molecule has 0 saturated carbocycles. The summed E-state index contributed by atoms with van der Waals surface area (Å²) in [5, 5.41) is 0. The van der Waals surface area contributed by atoms with Crippen molar-refractivity contribution in [3.8, 4) is 0 Å². The lowest BCUT2D eigenvalue weighted by Gasteiger charge is -2.31. The summed E-state index contributed by atoms with van der Waals surface area (Å²) >= 11 is 0. The van der Waals surface area contributed by atoms with Crippen molar-refractivity contribution < 1.29 is 23.9 Å². The minimum atomic E-state index is -1.05. The molecule has 0 aliphatic carbocycles. The molecule has 3 amide bonds. The first-order valence-corrected chi connectivity index (χ1v) is 10.2. The molecule has 1 saturated heterocycles. The van der Waals surface area contributed by atoms with Gasteiger partial charge in [0.15, 0.2) is 6.61 Å². The Morgan fingerprint density at radius 1 is 1.14 bits per heavy atom. The molecule has 7 nitrogen and oxygen atoms in total. The van der Waals surface area contributed by atoms with Gasteiger partial charge in [0.05, 0.1) is 11.1 Å². The third-order valence-electron chi connectivity index (χ3n) is 5.45. The average Bonchev–Trinajstić information content (AvgIpc) is 2.94. The number of ether oxygens (including phenoxy) is 1. The van der Waals surface area contributed by atoms with E-state index in [0.717, 1.165) is 17.7 Å². The first-order valence-electron chi connectivity index (χ1n) is 10.2. The third-order valence-corrected chi connectivity index (χ3v) is 5.45. The van der Waals surface area contributed by atoms with Gasteiger partial charge in [0.25, 0.3) is 17.7 Å². The quantitative estimate of drug-likeness (QED) is 0.541. The fourth-order valence-electron chi connectivity index (χ4n) is 3.98. The Labute approximate surface area is 171 Å². The molecule has 1 fully saturated rings. The Morgan fingerprint density at radius 3 is 2.31 bits per heavy atom. The highest BCUT2D eigenvalue weighted by molar-refractivity contribution is 6.22. The minimum Gasteiger partial charge on any atom is -0.454 e. The molecule has 3 rings (SSSR count). The van der Waals surface area contributed by atoms with Crippen LogP contribution in [0.4, 0.5) is 0 Å². The zero-order chi connectivity index (χ0) is 21.1. The van der Waals surface area contributed by atoms with Crippen LogP contribution in [0.15, 0.2) is 24.3 Å². The number of amides is 3. The number of esters is 1. The van der Waals surface area contributed by atoms with E-state index in [1.54, 1.807) is 29.2 Å². The van der Waals surface area contributed by atoms with Gasteiger partial charge >= 0.3 is 5.97 Å². The molecular weight excluding hydrogens is 372 g/mol. The van der Waals surface area contributed by atoms with E-state index in [-0.39, 0.29) is 36.0 Å². The molecule has 1 aromatic rings. The summed E-state index contributed by atoms with van der Waals surface area (Å²) in [4.78, 5) is 53.5. The highest BCUT2D eigenvalue weighted by Crippen LogP contribution is 2.27. The number of likely N-dealkylation sites (tertiary alicyclic amines) is 1. The largest absolute Gasteiger partial charge is 0.454 e. The number of nitrogens with zero attached hydrogens (tertiary/aromatic N) is 2. The predicted molar refractivity (Wildman–Crippen MR) is 106 cm³/mol. The van der Waals surface area contributed by atoms with Gasteiger partial charge in [-0.25, -0.2) is 4.79 Å². The zero-order valence-electron chi connectivity index (χ0n) is 17.2. The first kappa shape index (κ1) is 21.0. The van der Waals surface area contributed by atoms with Gasteiger partial charge in [0, 0.05) is 13.1 Å². The lowest BCUT2D eigenvalue weighted by atomic mass is 10.0. The normalized spacial score (nSPS) is 20.1. The third kappa shape index (κ3) is 4.49. The van der Waals surface area contributed by atoms with Crippen molar-refractivity contribution in [1.82, 2.24) is 9.80 Å². The second-order valence-corrected chi connectivity index (χ2v) is 8.37. The standard InChI is InChI=1S/C22H28N2O5/c1-14(2)11-18(24-20(26)16-8-4-5-9-17(16)21(24)27)22(28)29-13-19(25)23-10-6-7-15(3)12-23/h4-5,8-9,14-15,18H,6-7,10-13H2,1-3H3/t15-,18+/m1/s1. The topological polar surface area (TPSA) is 84.0 Å². The summed E-state index contributed by atoms with van der Waals surface area (Å²) < 4.78 is 5.29. The number of carbonyl (C=O) groups excluding carboxylic acids is 4. The number of imide groups is 1. The predicted octanol–water partition coefficient (Wildman–Crippen LogP) is 2.50. The van der Waals surface area contributed by atoms with Crippen LogP contribution >= 0.6 is 0 Å². The maximum atomic E-state index is 12.8. The molecule has 2 aliphatic rings. The van der Waals surface area contributed by atoms with Crippen LogP contribution in [-0.2, 0) is 14.3 Å². The van der Waals surface area contributed by atoms with Gasteiger partial charge < -0.3 is 9.64 Å². The fourth-order valence-corrected chi connectivity index (χ4v) is 3.98. The van der Waals surface area contributed by atoms with E-state index in [1.807, 2.05) is 13.8 Å². The van der Waals surface area contributed by atoms with Gasteiger partial charge in [0.2, 0.25) is 0 Å². The zero-order valence-corrected chi connectivity index (χ0v) is 17.2. The molecule has 2 aliphatic heterocycles. The molecule has 2 heterocycles. The Bertz CT molecular complexity index is 784. The van der Waals surface area contributed by atoms with Crippen molar-refractivity contribution in [1.29, 1.82) is 0 Å². The average molecular weight is 400 g/mol. The van der Waals surface area contributed by atoms with E-state index in [9.17, 15) is 19.2 Å². The second-order valence-electron chi connectivity index (χ2n) is 8.37. The van der Waals surface area contributed by atoms with Crippen molar-refractivity contribution in [3.05, 3.63) is 35.4 Å². The monoisotopic (exact) mass is 400 g/mol. The van der Waals surface area contributed by atoms with Crippen molar-refractivity contribution in [2.24, 2.45) is 11.8 Å². The van der Waals surface area contributed by atoms with Crippen LogP contribution in [0.3, 0.4) is 0 Å². The number of fused-ring (bicyclic) bond motifs is 1. The summed E-state index contributed by atoms with van der Waals surface area (Å²) in [6.45, 7) is 6.84. The summed E-state index contributed by atoms with van der Waals surface area (Å²) in [6, 6.07) is 5.47. The van der Waals surface area contributed by atoms with E-state index >= 15 is 0 Å². The van der Waals surface area contributed by atoms with E-state index < -0.39 is 23.8 Å².